The number of carbonyl (C=O) groups excluding carboxylic acids is 1. The minimum atomic E-state index is -1.96. The van der Waals surface area contributed by atoms with E-state index in [2.05, 4.69) is 16.8 Å². The van der Waals surface area contributed by atoms with Gasteiger partial charge in [0.1, 0.15) is 11.5 Å². The zero-order valence-corrected chi connectivity index (χ0v) is 25.3. The zero-order chi connectivity index (χ0) is 30.2. The third-order valence-corrected chi connectivity index (χ3v) is 9.59. The maximum atomic E-state index is 14.9. The standard InChI is InChI=1S/C31H25F2N5O2S3/c1-17-2-8-22(42-17)9-6-20-15-21(7-10-24(20)32)29-23(12-19-5-11-28(43(35)40)25(33)13-19)27(14-18-3-4-18)38(37-29)31-36-26(16-41-31)30(34)39/h2,5,7-8,10-11,13,15-16,18H,3-4,12,14,35H2,1H3,(H2,34,39). The molecule has 2 aromatic carbocycles. The molecular formula is C31H25F2N5O2S3. The van der Waals surface area contributed by atoms with Crippen LogP contribution in [0.25, 0.3) is 16.4 Å². The molecule has 1 saturated carbocycles. The molecule has 0 aliphatic heterocycles. The van der Waals surface area contributed by atoms with Crippen molar-refractivity contribution in [2.24, 2.45) is 16.8 Å². The Kier molecular flexibility index (Phi) is 8.17. The highest BCUT2D eigenvalue weighted by molar-refractivity contribution is 7.89. The van der Waals surface area contributed by atoms with E-state index in [9.17, 15) is 18.1 Å². The second kappa shape index (κ2) is 12.0. The molecule has 7 nitrogen and oxygen atoms in total. The van der Waals surface area contributed by atoms with Crippen molar-refractivity contribution in [3.8, 4) is 28.2 Å². The van der Waals surface area contributed by atoms with Crippen molar-refractivity contribution in [2.75, 3.05) is 0 Å². The molecule has 218 valence electrons. The number of thiophene rings is 1. The summed E-state index contributed by atoms with van der Waals surface area (Å²) in [5.74, 6) is 4.68. The molecule has 3 aromatic heterocycles. The molecule has 6 rings (SSSR count). The second-order valence-corrected chi connectivity index (χ2v) is 13.5. The van der Waals surface area contributed by atoms with Crippen LogP contribution in [0, 0.1) is 36.3 Å². The van der Waals surface area contributed by atoms with E-state index in [1.165, 1.54) is 40.9 Å². The summed E-state index contributed by atoms with van der Waals surface area (Å²) in [6.45, 7) is 1.98. The van der Waals surface area contributed by atoms with Crippen LogP contribution in [0.15, 0.2) is 58.8 Å². The van der Waals surface area contributed by atoms with E-state index in [0.717, 1.165) is 33.9 Å². The molecule has 12 heteroatoms. The third kappa shape index (κ3) is 6.41. The van der Waals surface area contributed by atoms with Gasteiger partial charge in [0.15, 0.2) is 5.82 Å². The van der Waals surface area contributed by atoms with Crippen LogP contribution < -0.4 is 10.9 Å². The topological polar surface area (TPSA) is 123 Å². The van der Waals surface area contributed by atoms with Gasteiger partial charge in [0, 0.05) is 27.8 Å². The third-order valence-electron chi connectivity index (χ3n) is 7.09. The predicted octanol–water partition coefficient (Wildman–Crippen LogP) is 5.67. The monoisotopic (exact) mass is 633 g/mol. The second-order valence-electron chi connectivity index (χ2n) is 10.3. The number of thiazole rings is 1. The van der Waals surface area contributed by atoms with Gasteiger partial charge in [0.25, 0.3) is 5.91 Å². The smallest absolute Gasteiger partial charge is 0.268 e. The van der Waals surface area contributed by atoms with E-state index < -0.39 is 28.9 Å². The first-order valence-electron chi connectivity index (χ1n) is 13.4. The van der Waals surface area contributed by atoms with Gasteiger partial charge in [-0.1, -0.05) is 17.9 Å². The first kappa shape index (κ1) is 29.2. The lowest BCUT2D eigenvalue weighted by atomic mass is 9.96. The molecule has 0 saturated heterocycles. The highest BCUT2D eigenvalue weighted by atomic mass is 32.2. The Bertz CT molecular complexity index is 1910. The Morgan fingerprint density at radius 3 is 2.60 bits per heavy atom. The van der Waals surface area contributed by atoms with Gasteiger partial charge in [-0.05, 0) is 80.1 Å². The molecule has 43 heavy (non-hydrogen) atoms. The van der Waals surface area contributed by atoms with E-state index >= 15 is 0 Å². The molecule has 1 aliphatic carbocycles. The van der Waals surface area contributed by atoms with Gasteiger partial charge in [0.05, 0.1) is 33.2 Å². The number of benzene rings is 2. The van der Waals surface area contributed by atoms with Crippen molar-refractivity contribution in [1.29, 1.82) is 0 Å². The summed E-state index contributed by atoms with van der Waals surface area (Å²) in [7, 11) is 0. The van der Waals surface area contributed by atoms with Crippen LogP contribution >= 0.6 is 22.7 Å². The molecule has 0 spiro atoms. The first-order valence-corrected chi connectivity index (χ1v) is 16.3. The number of amides is 1. The van der Waals surface area contributed by atoms with Gasteiger partial charge < -0.3 is 10.3 Å². The van der Waals surface area contributed by atoms with Crippen molar-refractivity contribution in [3.63, 3.8) is 0 Å². The van der Waals surface area contributed by atoms with E-state index in [4.69, 9.17) is 16.0 Å². The number of carbonyl (C=O) groups is 1. The fourth-order valence-electron chi connectivity index (χ4n) is 4.76. The molecule has 0 bridgehead atoms. The summed E-state index contributed by atoms with van der Waals surface area (Å²) in [6.07, 6.45) is 3.10. The Balaban J connectivity index is 1.50. The minimum absolute atomic E-state index is 0.0812. The highest BCUT2D eigenvalue weighted by Crippen LogP contribution is 2.38. The molecule has 1 aliphatic rings. The number of nitrogens with two attached hydrogens (primary N) is 2. The average molecular weight is 634 g/mol. The van der Waals surface area contributed by atoms with Gasteiger partial charge in [-0.3, -0.25) is 4.79 Å². The van der Waals surface area contributed by atoms with E-state index in [1.54, 1.807) is 28.3 Å². The Morgan fingerprint density at radius 1 is 1.14 bits per heavy atom. The number of aryl methyl sites for hydroxylation is 1. The van der Waals surface area contributed by atoms with Crippen LogP contribution in [0.1, 0.15) is 55.5 Å². The average Bonchev–Trinajstić information content (AvgIpc) is 3.32. The molecule has 1 unspecified atom stereocenters. The Hall–Kier alpha value is -3.86. The number of halogens is 2. The van der Waals surface area contributed by atoms with Crippen LogP contribution in [0.5, 0.6) is 0 Å². The molecule has 1 fully saturated rings. The maximum absolute atomic E-state index is 14.9. The van der Waals surface area contributed by atoms with Gasteiger partial charge in [-0.25, -0.2) is 18.4 Å². The highest BCUT2D eigenvalue weighted by Gasteiger charge is 2.29. The van der Waals surface area contributed by atoms with Crippen molar-refractivity contribution < 1.29 is 18.1 Å². The Morgan fingerprint density at radius 2 is 1.95 bits per heavy atom. The lowest BCUT2D eigenvalue weighted by molar-refractivity contribution is 0.0996. The number of aromatic nitrogens is 3. The fourth-order valence-corrected chi connectivity index (χ4v) is 6.72. The molecule has 1 amide bonds. The lowest BCUT2D eigenvalue weighted by Gasteiger charge is -2.10. The van der Waals surface area contributed by atoms with Crippen molar-refractivity contribution in [1.82, 2.24) is 14.8 Å². The summed E-state index contributed by atoms with van der Waals surface area (Å²) < 4.78 is 43.2. The molecule has 4 N–H and O–H groups in total. The molecule has 1 atom stereocenters. The van der Waals surface area contributed by atoms with E-state index in [1.807, 2.05) is 19.1 Å². The van der Waals surface area contributed by atoms with Gasteiger partial charge in [0.2, 0.25) is 10.0 Å². The quantitative estimate of drug-likeness (QED) is 0.169. The summed E-state index contributed by atoms with van der Waals surface area (Å²) in [6, 6.07) is 13.0. The number of nitrogens with zero attached hydrogens (tertiary/aromatic N) is 3. The normalized spacial score (nSPS) is 13.5. The van der Waals surface area contributed by atoms with Gasteiger partial charge >= 0.3 is 0 Å². The van der Waals surface area contributed by atoms with Crippen molar-refractivity contribution in [3.05, 3.63) is 103 Å². The largest absolute Gasteiger partial charge is 0.593 e. The van der Waals surface area contributed by atoms with Crippen molar-refractivity contribution >= 4 is 39.9 Å². The van der Waals surface area contributed by atoms with Crippen LogP contribution in [-0.4, -0.2) is 25.2 Å². The van der Waals surface area contributed by atoms with E-state index in [-0.39, 0.29) is 22.6 Å². The summed E-state index contributed by atoms with van der Waals surface area (Å²) in [5, 5.41) is 12.4. The molecular weight excluding hydrogens is 609 g/mol. The summed E-state index contributed by atoms with van der Waals surface area (Å²) >= 11 is 0.809. The molecule has 5 aromatic rings. The van der Waals surface area contributed by atoms with Gasteiger partial charge in [-0.2, -0.15) is 5.10 Å². The maximum Gasteiger partial charge on any atom is 0.268 e. The van der Waals surface area contributed by atoms with Crippen LogP contribution in [0.2, 0.25) is 0 Å². The van der Waals surface area contributed by atoms with Crippen LogP contribution in [0.4, 0.5) is 8.78 Å². The molecule has 3 heterocycles. The summed E-state index contributed by atoms with van der Waals surface area (Å²) in [5.41, 5.74) is 9.31. The number of hydrogen-bond donors (Lipinski definition) is 2. The number of rotatable bonds is 8. The fraction of sp³-hybridized carbons (Fsp3) is 0.194. The molecule has 0 radical (unpaired) electrons. The van der Waals surface area contributed by atoms with Crippen LogP contribution in [0.3, 0.4) is 0 Å². The minimum Gasteiger partial charge on any atom is -0.593 e. The Labute approximate surface area is 257 Å². The number of primary amides is 1. The SMILES string of the molecule is Cc1ccc(C#Cc2cc(-c3nn(-c4nc(C(N)=O)cs4)c(CC4CC4)c3Cc3ccc([S+](N)[O-])c(F)c3)ccc2F)s1. The lowest BCUT2D eigenvalue weighted by Crippen LogP contribution is -2.14. The summed E-state index contributed by atoms with van der Waals surface area (Å²) in [4.78, 5) is 18.1. The number of hydrogen-bond acceptors (Lipinski definition) is 7. The van der Waals surface area contributed by atoms with Gasteiger partial charge in [-0.15, -0.1) is 27.8 Å². The predicted molar refractivity (Wildman–Crippen MR) is 164 cm³/mol. The first-order chi connectivity index (χ1) is 20.7. The zero-order valence-electron chi connectivity index (χ0n) is 22.9. The van der Waals surface area contributed by atoms with E-state index in [0.29, 0.717) is 34.3 Å². The van der Waals surface area contributed by atoms with Crippen LogP contribution in [-0.2, 0) is 24.2 Å². The van der Waals surface area contributed by atoms with Crippen molar-refractivity contribution in [2.45, 2.75) is 37.5 Å².